The van der Waals surface area contributed by atoms with Crippen LogP contribution in [0.15, 0.2) is 42.6 Å². The van der Waals surface area contributed by atoms with Crippen molar-refractivity contribution in [1.29, 1.82) is 0 Å². The Labute approximate surface area is 136 Å². The molecule has 4 nitrogen and oxygen atoms in total. The molecule has 0 aliphatic rings. The van der Waals surface area contributed by atoms with Crippen LogP contribution in [-0.4, -0.2) is 28.9 Å². The number of nitrogens with one attached hydrogen (secondary N) is 1. The third-order valence-corrected chi connectivity index (χ3v) is 3.84. The van der Waals surface area contributed by atoms with Gasteiger partial charge in [-0.15, -0.1) is 0 Å². The number of benzene rings is 1. The van der Waals surface area contributed by atoms with Gasteiger partial charge in [-0.1, -0.05) is 29.8 Å². The molecule has 0 atom stereocenters. The molecule has 1 heterocycles. The number of hydrogen-bond acceptors (Lipinski definition) is 3. The van der Waals surface area contributed by atoms with Gasteiger partial charge in [0.25, 0.3) is 5.91 Å². The zero-order chi connectivity index (χ0) is 15.9. The Balaban J connectivity index is 2.00. The molecule has 2 rings (SSSR count). The van der Waals surface area contributed by atoms with Crippen molar-refractivity contribution in [3.05, 3.63) is 58.9 Å². The molecule has 0 saturated heterocycles. The van der Waals surface area contributed by atoms with Gasteiger partial charge >= 0.3 is 0 Å². The van der Waals surface area contributed by atoms with E-state index in [0.717, 1.165) is 16.3 Å². The quantitative estimate of drug-likeness (QED) is 0.880. The molecule has 1 N–H and O–H groups in total. The Morgan fingerprint density at radius 1 is 1.18 bits per heavy atom. The zero-order valence-corrected chi connectivity index (χ0v) is 13.6. The van der Waals surface area contributed by atoms with Gasteiger partial charge in [0, 0.05) is 24.7 Å². The van der Waals surface area contributed by atoms with Crippen molar-refractivity contribution in [2.24, 2.45) is 0 Å². The summed E-state index contributed by atoms with van der Waals surface area (Å²) in [6.45, 7) is 5.90. The fraction of sp³-hybridized carbons (Fsp3) is 0.294. The molecule has 5 heteroatoms. The molecule has 0 fully saturated rings. The maximum Gasteiger partial charge on any atom is 0.272 e. The molecule has 22 heavy (non-hydrogen) atoms. The number of hydrogen-bond donors (Lipinski definition) is 1. The largest absolute Gasteiger partial charge is 0.380 e. The highest BCUT2D eigenvalue weighted by Crippen LogP contribution is 2.17. The van der Waals surface area contributed by atoms with Crippen LogP contribution in [0.3, 0.4) is 0 Å². The van der Waals surface area contributed by atoms with Crippen molar-refractivity contribution < 1.29 is 4.79 Å². The van der Waals surface area contributed by atoms with Crippen molar-refractivity contribution >= 4 is 23.2 Å². The fourth-order valence-corrected chi connectivity index (χ4v) is 2.34. The predicted octanol–water partition coefficient (Wildman–Crippen LogP) is 3.83. The van der Waals surface area contributed by atoms with Gasteiger partial charge in [-0.3, -0.25) is 4.79 Å². The van der Waals surface area contributed by atoms with Crippen LogP contribution in [0.4, 0.5) is 5.69 Å². The average molecular weight is 318 g/mol. The van der Waals surface area contributed by atoms with Crippen LogP contribution in [0.25, 0.3) is 0 Å². The smallest absolute Gasteiger partial charge is 0.272 e. The van der Waals surface area contributed by atoms with Crippen LogP contribution < -0.4 is 5.32 Å². The molecular formula is C17H20ClN3O. The molecule has 0 bridgehead atoms. The van der Waals surface area contributed by atoms with Crippen LogP contribution in [0, 0.1) is 0 Å². The number of amides is 1. The maximum absolute atomic E-state index is 12.2. The third-order valence-electron chi connectivity index (χ3n) is 3.47. The third kappa shape index (κ3) is 3.98. The minimum absolute atomic E-state index is 0.0392. The molecule has 2 aromatic rings. The summed E-state index contributed by atoms with van der Waals surface area (Å²) >= 11 is 6.12. The Kier molecular flexibility index (Phi) is 5.78. The van der Waals surface area contributed by atoms with E-state index in [2.05, 4.69) is 10.3 Å². The zero-order valence-electron chi connectivity index (χ0n) is 12.8. The lowest BCUT2D eigenvalue weighted by Crippen LogP contribution is -2.31. The number of halogens is 1. The second kappa shape index (κ2) is 7.80. The second-order valence-electron chi connectivity index (χ2n) is 4.85. The van der Waals surface area contributed by atoms with Gasteiger partial charge < -0.3 is 10.2 Å². The first-order chi connectivity index (χ1) is 10.7. The number of aromatic nitrogens is 1. The van der Waals surface area contributed by atoms with Gasteiger partial charge in [-0.25, -0.2) is 4.98 Å². The van der Waals surface area contributed by atoms with Crippen molar-refractivity contribution in [1.82, 2.24) is 9.88 Å². The molecular weight excluding hydrogens is 298 g/mol. The SMILES string of the molecule is CCN(CC)C(=O)c1ccc(NCc2ccccc2Cl)cn1. The number of rotatable bonds is 6. The van der Waals surface area contributed by atoms with E-state index >= 15 is 0 Å². The van der Waals surface area contributed by atoms with Gasteiger partial charge in [0.05, 0.1) is 11.9 Å². The topological polar surface area (TPSA) is 45.2 Å². The van der Waals surface area contributed by atoms with Crippen molar-refractivity contribution in [2.45, 2.75) is 20.4 Å². The van der Waals surface area contributed by atoms with E-state index in [1.54, 1.807) is 17.2 Å². The summed E-state index contributed by atoms with van der Waals surface area (Å²) in [6.07, 6.45) is 1.67. The molecule has 116 valence electrons. The lowest BCUT2D eigenvalue weighted by molar-refractivity contribution is 0.0767. The Morgan fingerprint density at radius 3 is 2.50 bits per heavy atom. The number of anilines is 1. The number of carbonyl (C=O) groups excluding carboxylic acids is 1. The van der Waals surface area contributed by atoms with Gasteiger partial charge in [0.15, 0.2) is 0 Å². The Morgan fingerprint density at radius 2 is 1.91 bits per heavy atom. The van der Waals surface area contributed by atoms with E-state index in [4.69, 9.17) is 11.6 Å². The standard InChI is InChI=1S/C17H20ClN3O/c1-3-21(4-2)17(22)16-10-9-14(12-20-16)19-11-13-7-5-6-8-15(13)18/h5-10,12,19H,3-4,11H2,1-2H3. The lowest BCUT2D eigenvalue weighted by atomic mass is 10.2. The Hall–Kier alpha value is -2.07. The second-order valence-corrected chi connectivity index (χ2v) is 5.26. The summed E-state index contributed by atoms with van der Waals surface area (Å²) < 4.78 is 0. The van der Waals surface area contributed by atoms with E-state index < -0.39 is 0 Å². The lowest BCUT2D eigenvalue weighted by Gasteiger charge is -2.18. The molecule has 1 aromatic carbocycles. The first-order valence-corrected chi connectivity index (χ1v) is 7.76. The first kappa shape index (κ1) is 16.3. The van der Waals surface area contributed by atoms with Crippen LogP contribution in [-0.2, 0) is 6.54 Å². The van der Waals surface area contributed by atoms with Crippen LogP contribution in [0.5, 0.6) is 0 Å². The molecule has 0 aliphatic heterocycles. The summed E-state index contributed by atoms with van der Waals surface area (Å²) in [4.78, 5) is 18.2. The molecule has 0 unspecified atom stereocenters. The molecule has 1 aromatic heterocycles. The fourth-order valence-electron chi connectivity index (χ4n) is 2.14. The van der Waals surface area contributed by atoms with E-state index in [1.165, 1.54) is 0 Å². The first-order valence-electron chi connectivity index (χ1n) is 7.38. The molecule has 0 saturated carbocycles. The average Bonchev–Trinajstić information content (AvgIpc) is 2.55. The molecule has 0 aliphatic carbocycles. The van der Waals surface area contributed by atoms with Crippen LogP contribution in [0.2, 0.25) is 5.02 Å². The van der Waals surface area contributed by atoms with E-state index in [1.807, 2.05) is 44.2 Å². The number of carbonyl (C=O) groups is 1. The number of pyridine rings is 1. The number of nitrogens with zero attached hydrogens (tertiary/aromatic N) is 2. The van der Waals surface area contributed by atoms with Gasteiger partial charge in [0.1, 0.15) is 5.69 Å². The van der Waals surface area contributed by atoms with Crippen molar-refractivity contribution in [3.8, 4) is 0 Å². The molecule has 1 amide bonds. The van der Waals surface area contributed by atoms with Crippen molar-refractivity contribution in [2.75, 3.05) is 18.4 Å². The highest BCUT2D eigenvalue weighted by Gasteiger charge is 2.13. The summed E-state index contributed by atoms with van der Waals surface area (Å²) in [7, 11) is 0. The van der Waals surface area contributed by atoms with Gasteiger partial charge in [-0.05, 0) is 37.6 Å². The minimum atomic E-state index is -0.0392. The maximum atomic E-state index is 12.2. The summed E-state index contributed by atoms with van der Waals surface area (Å²) in [6, 6.07) is 11.3. The van der Waals surface area contributed by atoms with E-state index in [-0.39, 0.29) is 5.91 Å². The summed E-state index contributed by atoms with van der Waals surface area (Å²) in [5.41, 5.74) is 2.34. The molecule has 0 radical (unpaired) electrons. The van der Waals surface area contributed by atoms with Crippen LogP contribution in [0.1, 0.15) is 29.9 Å². The van der Waals surface area contributed by atoms with Gasteiger partial charge in [0.2, 0.25) is 0 Å². The monoisotopic (exact) mass is 317 g/mol. The summed E-state index contributed by atoms with van der Waals surface area (Å²) in [5, 5.41) is 3.99. The highest BCUT2D eigenvalue weighted by molar-refractivity contribution is 6.31. The molecule has 0 spiro atoms. The van der Waals surface area contributed by atoms with Crippen LogP contribution >= 0.6 is 11.6 Å². The van der Waals surface area contributed by atoms with Gasteiger partial charge in [-0.2, -0.15) is 0 Å². The minimum Gasteiger partial charge on any atom is -0.380 e. The predicted molar refractivity (Wildman–Crippen MR) is 90.3 cm³/mol. The van der Waals surface area contributed by atoms with E-state index in [0.29, 0.717) is 25.3 Å². The normalized spacial score (nSPS) is 10.3. The van der Waals surface area contributed by atoms with Crippen molar-refractivity contribution in [3.63, 3.8) is 0 Å². The Bertz CT molecular complexity index is 624. The van der Waals surface area contributed by atoms with E-state index in [9.17, 15) is 4.79 Å². The summed E-state index contributed by atoms with van der Waals surface area (Å²) in [5.74, 6) is -0.0392. The highest BCUT2D eigenvalue weighted by atomic mass is 35.5.